The van der Waals surface area contributed by atoms with E-state index >= 15 is 0 Å². The monoisotopic (exact) mass is 373 g/mol. The maximum absolute atomic E-state index is 12.1. The van der Waals surface area contributed by atoms with Gasteiger partial charge in [-0.2, -0.15) is 0 Å². The van der Waals surface area contributed by atoms with E-state index in [0.29, 0.717) is 16.4 Å². The zero-order valence-electron chi connectivity index (χ0n) is 14.0. The van der Waals surface area contributed by atoms with Crippen molar-refractivity contribution in [1.82, 2.24) is 4.98 Å². The van der Waals surface area contributed by atoms with Gasteiger partial charge in [-0.15, -0.1) is 0 Å². The molecular formula is C17H15N3O5S. The van der Waals surface area contributed by atoms with Crippen LogP contribution in [0.2, 0.25) is 0 Å². The minimum atomic E-state index is -0.481. The Morgan fingerprint density at radius 3 is 2.81 bits per heavy atom. The van der Waals surface area contributed by atoms with Gasteiger partial charge in [-0.1, -0.05) is 11.3 Å². The Morgan fingerprint density at radius 1 is 1.31 bits per heavy atom. The van der Waals surface area contributed by atoms with Gasteiger partial charge in [-0.3, -0.25) is 20.2 Å². The van der Waals surface area contributed by atoms with Crippen molar-refractivity contribution in [2.45, 2.75) is 6.92 Å². The smallest absolute Gasteiger partial charge is 0.269 e. The number of ether oxygens (including phenoxy) is 2. The van der Waals surface area contributed by atoms with Crippen LogP contribution in [0.1, 0.15) is 5.56 Å². The zero-order chi connectivity index (χ0) is 18.7. The molecule has 0 radical (unpaired) electrons. The van der Waals surface area contributed by atoms with Crippen molar-refractivity contribution < 1.29 is 19.2 Å². The van der Waals surface area contributed by atoms with E-state index in [-0.39, 0.29) is 18.2 Å². The van der Waals surface area contributed by atoms with Gasteiger partial charge in [0, 0.05) is 12.1 Å². The Balaban J connectivity index is 1.63. The number of nitro benzene ring substituents is 1. The van der Waals surface area contributed by atoms with Crippen LogP contribution in [-0.2, 0) is 4.79 Å². The van der Waals surface area contributed by atoms with Gasteiger partial charge in [0.25, 0.3) is 11.6 Å². The molecule has 3 aromatic rings. The van der Waals surface area contributed by atoms with Gasteiger partial charge in [-0.05, 0) is 36.8 Å². The first-order valence-electron chi connectivity index (χ1n) is 7.58. The zero-order valence-corrected chi connectivity index (χ0v) is 14.8. The average Bonchev–Trinajstić information content (AvgIpc) is 3.01. The number of hydrogen-bond acceptors (Lipinski definition) is 7. The molecule has 0 saturated heterocycles. The highest BCUT2D eigenvalue weighted by atomic mass is 32.1. The Hall–Kier alpha value is -3.20. The average molecular weight is 373 g/mol. The van der Waals surface area contributed by atoms with Crippen molar-refractivity contribution >= 4 is 38.3 Å². The number of non-ortho nitro benzene ring substituents is 1. The minimum Gasteiger partial charge on any atom is -0.497 e. The fraction of sp³-hybridized carbons (Fsp3) is 0.176. The molecule has 0 aliphatic carbocycles. The molecule has 0 bridgehead atoms. The summed E-state index contributed by atoms with van der Waals surface area (Å²) in [4.78, 5) is 26.7. The molecule has 1 aromatic heterocycles. The van der Waals surface area contributed by atoms with Crippen molar-refractivity contribution in [2.24, 2.45) is 0 Å². The van der Waals surface area contributed by atoms with Crippen LogP contribution < -0.4 is 14.8 Å². The second kappa shape index (κ2) is 7.36. The number of methoxy groups -OCH3 is 1. The van der Waals surface area contributed by atoms with Gasteiger partial charge in [0.15, 0.2) is 11.7 Å². The summed E-state index contributed by atoms with van der Waals surface area (Å²) in [5, 5.41) is 13.9. The number of fused-ring (bicyclic) bond motifs is 1. The molecule has 1 amide bonds. The molecule has 0 saturated carbocycles. The normalized spacial score (nSPS) is 10.5. The summed E-state index contributed by atoms with van der Waals surface area (Å²) < 4.78 is 11.5. The maximum Gasteiger partial charge on any atom is 0.269 e. The Bertz CT molecular complexity index is 986. The number of carbonyl (C=O) groups is 1. The quantitative estimate of drug-likeness (QED) is 0.523. The molecule has 3 rings (SSSR count). The van der Waals surface area contributed by atoms with Gasteiger partial charge in [-0.25, -0.2) is 4.98 Å². The molecule has 0 atom stereocenters. The van der Waals surface area contributed by atoms with E-state index in [1.54, 1.807) is 20.1 Å². The summed E-state index contributed by atoms with van der Waals surface area (Å²) in [5.41, 5.74) is 1.32. The van der Waals surface area contributed by atoms with Crippen LogP contribution in [-0.4, -0.2) is 29.5 Å². The van der Waals surface area contributed by atoms with Gasteiger partial charge in [0.05, 0.1) is 22.2 Å². The molecule has 9 heteroatoms. The highest BCUT2D eigenvalue weighted by Gasteiger charge is 2.12. The third-order valence-corrected chi connectivity index (χ3v) is 4.50. The summed E-state index contributed by atoms with van der Waals surface area (Å²) >= 11 is 1.33. The summed E-state index contributed by atoms with van der Waals surface area (Å²) in [6, 6.07) is 9.67. The number of aromatic nitrogens is 1. The second-order valence-corrected chi connectivity index (χ2v) is 6.43. The number of hydrogen-bond donors (Lipinski definition) is 1. The summed E-state index contributed by atoms with van der Waals surface area (Å²) in [7, 11) is 1.59. The van der Waals surface area contributed by atoms with Gasteiger partial charge in [0.2, 0.25) is 0 Å². The lowest BCUT2D eigenvalue weighted by Crippen LogP contribution is -2.20. The van der Waals surface area contributed by atoms with Crippen LogP contribution in [0.5, 0.6) is 11.5 Å². The number of nitrogens with one attached hydrogen (secondary N) is 1. The largest absolute Gasteiger partial charge is 0.497 e. The van der Waals surface area contributed by atoms with Crippen LogP contribution in [0.3, 0.4) is 0 Å². The second-order valence-electron chi connectivity index (χ2n) is 5.40. The number of benzene rings is 2. The van der Waals surface area contributed by atoms with E-state index in [1.165, 1.54) is 29.5 Å². The summed E-state index contributed by atoms with van der Waals surface area (Å²) in [6.45, 7) is 1.46. The van der Waals surface area contributed by atoms with Crippen LogP contribution >= 0.6 is 11.3 Å². The molecule has 0 fully saturated rings. The predicted molar refractivity (Wildman–Crippen MR) is 98.1 cm³/mol. The van der Waals surface area contributed by atoms with E-state index in [2.05, 4.69) is 10.3 Å². The molecule has 1 N–H and O–H groups in total. The number of anilines is 1. The summed E-state index contributed by atoms with van der Waals surface area (Å²) in [6.07, 6.45) is 0. The van der Waals surface area contributed by atoms with E-state index in [1.807, 2.05) is 12.1 Å². The Morgan fingerprint density at radius 2 is 2.12 bits per heavy atom. The van der Waals surface area contributed by atoms with Gasteiger partial charge < -0.3 is 9.47 Å². The molecular weight excluding hydrogens is 358 g/mol. The fourth-order valence-electron chi connectivity index (χ4n) is 2.29. The number of thiazole rings is 1. The lowest BCUT2D eigenvalue weighted by atomic mass is 10.2. The minimum absolute atomic E-state index is 0.0239. The molecule has 2 aromatic carbocycles. The van der Waals surface area contributed by atoms with Crippen molar-refractivity contribution in [1.29, 1.82) is 0 Å². The van der Waals surface area contributed by atoms with Crippen LogP contribution in [0.4, 0.5) is 10.8 Å². The number of nitro groups is 1. The van der Waals surface area contributed by atoms with Crippen molar-refractivity contribution in [3.05, 3.63) is 52.1 Å². The summed E-state index contributed by atoms with van der Waals surface area (Å²) in [5.74, 6) is 0.768. The van der Waals surface area contributed by atoms with E-state index in [0.717, 1.165) is 16.0 Å². The third kappa shape index (κ3) is 3.89. The molecule has 0 aliphatic rings. The third-order valence-electron chi connectivity index (χ3n) is 3.57. The topological polar surface area (TPSA) is 104 Å². The van der Waals surface area contributed by atoms with Crippen molar-refractivity contribution in [2.75, 3.05) is 19.0 Å². The highest BCUT2D eigenvalue weighted by molar-refractivity contribution is 7.22. The first-order valence-corrected chi connectivity index (χ1v) is 8.40. The number of nitrogens with zero attached hydrogens (tertiary/aromatic N) is 2. The lowest BCUT2D eigenvalue weighted by Gasteiger charge is -2.08. The molecule has 0 unspecified atom stereocenters. The molecule has 1 heterocycles. The number of carbonyl (C=O) groups excluding carboxylic acids is 1. The number of amides is 1. The molecule has 8 nitrogen and oxygen atoms in total. The Labute approximate surface area is 152 Å². The molecule has 0 aliphatic heterocycles. The van der Waals surface area contributed by atoms with Crippen LogP contribution in [0, 0.1) is 17.0 Å². The molecule has 0 spiro atoms. The predicted octanol–water partition coefficient (Wildman–Crippen LogP) is 3.54. The Kier molecular flexibility index (Phi) is 4.99. The maximum atomic E-state index is 12.1. The van der Waals surface area contributed by atoms with Gasteiger partial charge in [0.1, 0.15) is 11.5 Å². The van der Waals surface area contributed by atoms with Crippen molar-refractivity contribution in [3.8, 4) is 11.5 Å². The first-order chi connectivity index (χ1) is 12.5. The standard InChI is InChI=1S/C17H15N3O5S/c1-10-7-11(20(22)23)3-6-14(10)25-9-16(21)19-17-18-13-5-4-12(24-2)8-15(13)26-17/h3-8H,9H2,1-2H3,(H,18,19,21). The molecule has 26 heavy (non-hydrogen) atoms. The van der Waals surface area contributed by atoms with E-state index in [4.69, 9.17) is 9.47 Å². The number of aryl methyl sites for hydroxylation is 1. The van der Waals surface area contributed by atoms with Gasteiger partial charge >= 0.3 is 0 Å². The highest BCUT2D eigenvalue weighted by Crippen LogP contribution is 2.29. The van der Waals surface area contributed by atoms with E-state index in [9.17, 15) is 14.9 Å². The first kappa shape index (κ1) is 17.6. The molecule has 134 valence electrons. The number of rotatable bonds is 6. The van der Waals surface area contributed by atoms with Crippen molar-refractivity contribution in [3.63, 3.8) is 0 Å². The lowest BCUT2D eigenvalue weighted by molar-refractivity contribution is -0.384. The van der Waals surface area contributed by atoms with Crippen LogP contribution in [0.15, 0.2) is 36.4 Å². The fourth-order valence-corrected chi connectivity index (χ4v) is 3.20. The SMILES string of the molecule is COc1ccc2nc(NC(=O)COc3ccc([N+](=O)[O-])cc3C)sc2c1. The van der Waals surface area contributed by atoms with E-state index < -0.39 is 4.92 Å². The van der Waals surface area contributed by atoms with Crippen LogP contribution in [0.25, 0.3) is 10.2 Å².